The molecule has 28 heavy (non-hydrogen) atoms. The van der Waals surface area contributed by atoms with E-state index >= 15 is 0 Å². The van der Waals surface area contributed by atoms with Crippen molar-refractivity contribution in [2.45, 2.75) is 9.79 Å². The highest BCUT2D eigenvalue weighted by Crippen LogP contribution is 2.30. The minimum Gasteiger partial charge on any atom is -0.207 e. The molecule has 0 heterocycles. The van der Waals surface area contributed by atoms with Gasteiger partial charge in [-0.1, -0.05) is 72.8 Å². The average Bonchev–Trinajstić information content (AvgIpc) is 2.72. The Hall–Kier alpha value is -2.68. The van der Waals surface area contributed by atoms with Gasteiger partial charge in [0.05, 0.1) is 9.79 Å². The number of rotatable bonds is 4. The second-order valence-electron chi connectivity index (χ2n) is 6.34. The SMILES string of the molecule is BN(S(=O)(=O)c1cccc2ccccc12)S(=O)(=O)c1cccc2ccccc12. The maximum atomic E-state index is 13.2. The summed E-state index contributed by atoms with van der Waals surface area (Å²) in [6, 6.07) is 23.6. The van der Waals surface area contributed by atoms with E-state index in [0.717, 1.165) is 18.8 Å². The summed E-state index contributed by atoms with van der Waals surface area (Å²) in [5, 5.41) is 2.40. The second kappa shape index (κ2) is 6.74. The van der Waals surface area contributed by atoms with Gasteiger partial charge in [0.15, 0.2) is 0 Å². The van der Waals surface area contributed by atoms with E-state index in [-0.39, 0.29) is 9.79 Å². The van der Waals surface area contributed by atoms with Crippen LogP contribution >= 0.6 is 0 Å². The molecule has 140 valence electrons. The fourth-order valence-electron chi connectivity index (χ4n) is 3.25. The predicted octanol–water partition coefficient (Wildman–Crippen LogP) is 2.92. The topological polar surface area (TPSA) is 71.5 Å². The molecule has 0 fully saturated rings. The standard InChI is InChI=1S/C20H16BNO4S2/c21-22(27(23,24)19-13-5-9-15-7-1-3-11-17(15)19)28(25,26)20-14-6-10-16-8-2-4-12-18(16)20/h1-14H,21H2. The van der Waals surface area contributed by atoms with Gasteiger partial charge in [-0.05, 0) is 22.9 Å². The van der Waals surface area contributed by atoms with Crippen molar-refractivity contribution in [1.82, 2.24) is 3.62 Å². The molecular weight excluding hydrogens is 393 g/mol. The van der Waals surface area contributed by atoms with Crippen molar-refractivity contribution in [3.05, 3.63) is 84.9 Å². The Balaban J connectivity index is 1.91. The lowest BCUT2D eigenvalue weighted by Gasteiger charge is -2.20. The van der Waals surface area contributed by atoms with E-state index in [4.69, 9.17) is 0 Å². The van der Waals surface area contributed by atoms with E-state index in [9.17, 15) is 16.8 Å². The number of hydrogen-bond acceptors (Lipinski definition) is 4. The van der Waals surface area contributed by atoms with Crippen LogP contribution in [-0.2, 0) is 20.0 Å². The third-order valence-electron chi connectivity index (χ3n) is 4.73. The monoisotopic (exact) mass is 409 g/mol. The maximum absolute atomic E-state index is 13.2. The molecule has 4 aromatic carbocycles. The smallest absolute Gasteiger partial charge is 0.207 e. The number of nitrogens with zero attached hydrogens (tertiary/aromatic N) is 1. The van der Waals surface area contributed by atoms with E-state index < -0.39 is 20.0 Å². The molecule has 0 saturated carbocycles. The van der Waals surface area contributed by atoms with Crippen LogP contribution < -0.4 is 0 Å². The lowest BCUT2D eigenvalue weighted by atomic mass is 10.1. The van der Waals surface area contributed by atoms with Crippen LogP contribution in [0.25, 0.3) is 21.5 Å². The number of sulfonamides is 2. The van der Waals surface area contributed by atoms with E-state index in [1.54, 1.807) is 72.8 Å². The molecule has 0 aliphatic heterocycles. The maximum Gasteiger partial charge on any atom is 0.245 e. The third-order valence-corrected chi connectivity index (χ3v) is 9.09. The number of benzene rings is 4. The second-order valence-corrected chi connectivity index (χ2v) is 10.5. The van der Waals surface area contributed by atoms with Gasteiger partial charge in [0, 0.05) is 10.8 Å². The molecule has 0 unspecified atom stereocenters. The predicted molar refractivity (Wildman–Crippen MR) is 113 cm³/mol. The first kappa shape index (κ1) is 18.7. The van der Waals surface area contributed by atoms with Crippen LogP contribution in [0.15, 0.2) is 94.7 Å². The van der Waals surface area contributed by atoms with Crippen LogP contribution in [0.4, 0.5) is 0 Å². The first-order valence-corrected chi connectivity index (χ1v) is 11.4. The van der Waals surface area contributed by atoms with Gasteiger partial charge in [0.2, 0.25) is 28.0 Å². The summed E-state index contributed by atoms with van der Waals surface area (Å²) in [5.74, 6) is 0. The van der Waals surface area contributed by atoms with Crippen molar-refractivity contribution in [3.8, 4) is 0 Å². The summed E-state index contributed by atoms with van der Waals surface area (Å²) in [6.45, 7) is 0. The van der Waals surface area contributed by atoms with Crippen LogP contribution in [0.1, 0.15) is 0 Å². The highest BCUT2D eigenvalue weighted by Gasteiger charge is 2.34. The molecule has 0 N–H and O–H groups in total. The van der Waals surface area contributed by atoms with Crippen molar-refractivity contribution >= 4 is 49.6 Å². The fourth-order valence-corrected chi connectivity index (χ4v) is 6.75. The molecule has 0 atom stereocenters. The van der Waals surface area contributed by atoms with Crippen molar-refractivity contribution in [2.24, 2.45) is 0 Å². The molecule has 0 aliphatic carbocycles. The Morgan fingerprint density at radius 2 is 0.893 bits per heavy atom. The zero-order chi connectivity index (χ0) is 19.9. The van der Waals surface area contributed by atoms with Crippen LogP contribution in [0, 0.1) is 0 Å². The minimum absolute atomic E-state index is 0.0445. The molecule has 4 rings (SSSR count). The average molecular weight is 409 g/mol. The van der Waals surface area contributed by atoms with Gasteiger partial charge in [-0.2, -0.15) is 0 Å². The Kier molecular flexibility index (Phi) is 4.49. The number of fused-ring (bicyclic) bond motifs is 2. The molecule has 0 aliphatic rings. The van der Waals surface area contributed by atoms with Gasteiger partial charge >= 0.3 is 0 Å². The van der Waals surface area contributed by atoms with Crippen LogP contribution in [-0.4, -0.2) is 28.4 Å². The minimum atomic E-state index is -4.29. The van der Waals surface area contributed by atoms with Crippen LogP contribution in [0.3, 0.4) is 0 Å². The summed E-state index contributed by atoms with van der Waals surface area (Å²) in [4.78, 5) is -0.0891. The molecule has 0 saturated heterocycles. The fraction of sp³-hybridized carbons (Fsp3) is 0. The molecule has 0 amide bonds. The van der Waals surface area contributed by atoms with Crippen LogP contribution in [0.2, 0.25) is 0 Å². The molecule has 0 spiro atoms. The van der Waals surface area contributed by atoms with E-state index in [0.29, 0.717) is 14.4 Å². The van der Waals surface area contributed by atoms with Gasteiger partial charge in [-0.15, -0.1) is 3.62 Å². The van der Waals surface area contributed by atoms with Crippen molar-refractivity contribution < 1.29 is 16.8 Å². The summed E-state index contributed by atoms with van der Waals surface area (Å²) >= 11 is 0. The molecular formula is C20H16BNO4S2. The molecule has 8 heteroatoms. The quantitative estimate of drug-likeness (QED) is 0.486. The summed E-state index contributed by atoms with van der Waals surface area (Å²) in [6.07, 6.45) is 0. The van der Waals surface area contributed by atoms with E-state index in [1.807, 2.05) is 0 Å². The lowest BCUT2D eigenvalue weighted by Crippen LogP contribution is -2.34. The van der Waals surface area contributed by atoms with E-state index in [2.05, 4.69) is 0 Å². The van der Waals surface area contributed by atoms with Crippen molar-refractivity contribution in [2.75, 3.05) is 0 Å². The molecule has 0 bridgehead atoms. The van der Waals surface area contributed by atoms with Gasteiger partial charge in [-0.3, -0.25) is 0 Å². The summed E-state index contributed by atoms with van der Waals surface area (Å²) < 4.78 is 53.5. The Morgan fingerprint density at radius 3 is 1.32 bits per heavy atom. The van der Waals surface area contributed by atoms with Gasteiger partial charge in [0.25, 0.3) is 0 Å². The lowest BCUT2D eigenvalue weighted by molar-refractivity contribution is 0.553. The zero-order valence-corrected chi connectivity index (χ0v) is 16.6. The third kappa shape index (κ3) is 2.90. The Labute approximate surface area is 164 Å². The van der Waals surface area contributed by atoms with Crippen molar-refractivity contribution in [3.63, 3.8) is 0 Å². The molecule has 0 radical (unpaired) electrons. The first-order chi connectivity index (χ1) is 13.3. The Morgan fingerprint density at radius 1 is 0.536 bits per heavy atom. The summed E-state index contributed by atoms with van der Waals surface area (Å²) in [5.41, 5.74) is 0. The van der Waals surface area contributed by atoms with Gasteiger partial charge in [-0.25, -0.2) is 16.8 Å². The van der Waals surface area contributed by atoms with Crippen molar-refractivity contribution in [1.29, 1.82) is 0 Å². The zero-order valence-electron chi connectivity index (χ0n) is 15.0. The van der Waals surface area contributed by atoms with Gasteiger partial charge < -0.3 is 0 Å². The van der Waals surface area contributed by atoms with Crippen LogP contribution in [0.5, 0.6) is 0 Å². The first-order valence-electron chi connectivity index (χ1n) is 8.53. The highest BCUT2D eigenvalue weighted by molar-refractivity contribution is 8.05. The summed E-state index contributed by atoms with van der Waals surface area (Å²) in [7, 11) is -7.51. The van der Waals surface area contributed by atoms with E-state index in [1.165, 1.54) is 12.1 Å². The number of hydrogen-bond donors (Lipinski definition) is 0. The normalized spacial score (nSPS) is 12.6. The Bertz CT molecular complexity index is 1300. The highest BCUT2D eigenvalue weighted by atomic mass is 32.3. The largest absolute Gasteiger partial charge is 0.245 e. The molecule has 0 aromatic heterocycles. The molecule has 4 aromatic rings. The van der Waals surface area contributed by atoms with Gasteiger partial charge in [0.1, 0.15) is 0 Å². The molecule has 5 nitrogen and oxygen atoms in total.